The van der Waals surface area contributed by atoms with Crippen LogP contribution in [0.4, 0.5) is 0 Å². The average Bonchev–Trinajstić information content (AvgIpc) is 2.55. The summed E-state index contributed by atoms with van der Waals surface area (Å²) in [7, 11) is 1.48. The third-order valence-corrected chi connectivity index (χ3v) is 4.17. The minimum Gasteiger partial charge on any atom is -0.493 e. The fourth-order valence-electron chi connectivity index (χ4n) is 2.74. The minimum atomic E-state index is -0.871. The lowest BCUT2D eigenvalue weighted by Crippen LogP contribution is -2.42. The summed E-state index contributed by atoms with van der Waals surface area (Å²) in [5.74, 6) is -0.872. The Morgan fingerprint density at radius 1 is 1.38 bits per heavy atom. The largest absolute Gasteiger partial charge is 0.493 e. The first-order valence-electron chi connectivity index (χ1n) is 7.89. The third kappa shape index (κ3) is 4.12. The number of carboxylic acid groups (broad SMARTS) is 1. The van der Waals surface area contributed by atoms with Crippen molar-refractivity contribution in [3.63, 3.8) is 0 Å². The molecule has 0 aromatic heterocycles. The zero-order valence-electron chi connectivity index (χ0n) is 14.0. The van der Waals surface area contributed by atoms with E-state index < -0.39 is 11.9 Å². The van der Waals surface area contributed by atoms with Gasteiger partial charge in [0.2, 0.25) is 0 Å². The van der Waals surface area contributed by atoms with Crippen molar-refractivity contribution in [2.45, 2.75) is 32.8 Å². The molecule has 1 aliphatic rings. The molecule has 0 spiro atoms. The number of hydrogen-bond acceptors (Lipinski definition) is 4. The van der Waals surface area contributed by atoms with Crippen LogP contribution in [0.3, 0.4) is 0 Å². The number of amides is 1. The van der Waals surface area contributed by atoms with Gasteiger partial charge in [0, 0.05) is 18.7 Å². The molecule has 0 saturated carbocycles. The zero-order valence-corrected chi connectivity index (χ0v) is 14.8. The maximum atomic E-state index is 12.7. The van der Waals surface area contributed by atoms with Gasteiger partial charge in [-0.15, -0.1) is 0 Å². The van der Waals surface area contributed by atoms with Gasteiger partial charge in [-0.05, 0) is 38.8 Å². The predicted molar refractivity (Wildman–Crippen MR) is 90.0 cm³/mol. The van der Waals surface area contributed by atoms with Crippen LogP contribution in [0.25, 0.3) is 0 Å². The van der Waals surface area contributed by atoms with E-state index in [0.29, 0.717) is 36.4 Å². The summed E-state index contributed by atoms with van der Waals surface area (Å²) in [6, 6.07) is 3.12. The molecule has 1 fully saturated rings. The number of piperidine rings is 1. The van der Waals surface area contributed by atoms with Gasteiger partial charge < -0.3 is 19.5 Å². The number of likely N-dealkylation sites (tertiary alicyclic amines) is 1. The molecule has 0 aliphatic carbocycles. The van der Waals surface area contributed by atoms with Crippen molar-refractivity contribution in [1.29, 1.82) is 0 Å². The highest BCUT2D eigenvalue weighted by molar-refractivity contribution is 6.32. The summed E-state index contributed by atoms with van der Waals surface area (Å²) in [5, 5.41) is 9.45. The Bertz CT molecular complexity index is 632. The molecule has 1 atom stereocenters. The molecule has 132 valence electrons. The maximum absolute atomic E-state index is 12.7. The summed E-state index contributed by atoms with van der Waals surface area (Å²) in [6.07, 6.45) is 1.17. The topological polar surface area (TPSA) is 76.1 Å². The average molecular weight is 356 g/mol. The summed E-state index contributed by atoms with van der Waals surface area (Å²) in [5.41, 5.74) is 0.360. The van der Waals surface area contributed by atoms with E-state index in [1.54, 1.807) is 11.0 Å². The Hall–Kier alpha value is -1.95. The fourth-order valence-corrected chi connectivity index (χ4v) is 2.99. The van der Waals surface area contributed by atoms with Crippen LogP contribution in [0.2, 0.25) is 5.02 Å². The second-order valence-corrected chi connectivity index (χ2v) is 6.49. The van der Waals surface area contributed by atoms with Gasteiger partial charge in [0.15, 0.2) is 11.5 Å². The normalized spacial score (nSPS) is 17.7. The molecule has 1 saturated heterocycles. The second-order valence-electron chi connectivity index (χ2n) is 6.08. The highest BCUT2D eigenvalue weighted by Crippen LogP contribution is 2.37. The first-order valence-corrected chi connectivity index (χ1v) is 8.27. The van der Waals surface area contributed by atoms with Crippen LogP contribution in [-0.4, -0.2) is 48.2 Å². The molecular formula is C17H22ClNO5. The lowest BCUT2D eigenvalue weighted by molar-refractivity contribution is -0.143. The molecule has 2 rings (SSSR count). The van der Waals surface area contributed by atoms with Gasteiger partial charge in [0.05, 0.1) is 24.2 Å². The van der Waals surface area contributed by atoms with Crippen molar-refractivity contribution in [1.82, 2.24) is 4.90 Å². The second kappa shape index (κ2) is 7.75. The van der Waals surface area contributed by atoms with Gasteiger partial charge in [-0.3, -0.25) is 9.59 Å². The smallest absolute Gasteiger partial charge is 0.308 e. The molecule has 1 N–H and O–H groups in total. The van der Waals surface area contributed by atoms with Gasteiger partial charge in [-0.2, -0.15) is 0 Å². The molecule has 1 aromatic rings. The summed E-state index contributed by atoms with van der Waals surface area (Å²) < 4.78 is 10.9. The molecule has 1 aliphatic heterocycles. The van der Waals surface area contributed by atoms with Gasteiger partial charge in [-0.25, -0.2) is 0 Å². The van der Waals surface area contributed by atoms with Crippen LogP contribution in [-0.2, 0) is 4.79 Å². The first kappa shape index (κ1) is 18.4. The van der Waals surface area contributed by atoms with Crippen LogP contribution in [0.15, 0.2) is 12.1 Å². The zero-order chi connectivity index (χ0) is 17.9. The summed E-state index contributed by atoms with van der Waals surface area (Å²) >= 11 is 6.25. The summed E-state index contributed by atoms with van der Waals surface area (Å²) in [6.45, 7) is 4.48. The predicted octanol–water partition coefficient (Wildman–Crippen LogP) is 3.07. The van der Waals surface area contributed by atoms with E-state index in [0.717, 1.165) is 0 Å². The number of methoxy groups -OCH3 is 1. The van der Waals surface area contributed by atoms with Gasteiger partial charge >= 0.3 is 5.97 Å². The van der Waals surface area contributed by atoms with E-state index >= 15 is 0 Å². The van der Waals surface area contributed by atoms with Crippen molar-refractivity contribution in [3.05, 3.63) is 22.7 Å². The van der Waals surface area contributed by atoms with E-state index in [1.807, 2.05) is 13.8 Å². The van der Waals surface area contributed by atoms with E-state index in [4.69, 9.17) is 26.2 Å². The number of aliphatic carboxylic acids is 1. The van der Waals surface area contributed by atoms with Crippen molar-refractivity contribution in [2.24, 2.45) is 5.92 Å². The lowest BCUT2D eigenvalue weighted by Gasteiger charge is -2.31. The quantitative estimate of drug-likeness (QED) is 0.878. The van der Waals surface area contributed by atoms with Crippen LogP contribution in [0.1, 0.15) is 37.0 Å². The number of benzene rings is 1. The van der Waals surface area contributed by atoms with Gasteiger partial charge in [-0.1, -0.05) is 11.6 Å². The Morgan fingerprint density at radius 3 is 2.67 bits per heavy atom. The lowest BCUT2D eigenvalue weighted by atomic mass is 9.97. The molecule has 0 unspecified atom stereocenters. The van der Waals surface area contributed by atoms with E-state index in [2.05, 4.69) is 0 Å². The Balaban J connectivity index is 2.26. The van der Waals surface area contributed by atoms with E-state index in [1.165, 1.54) is 13.2 Å². The number of rotatable bonds is 5. The molecule has 0 radical (unpaired) electrons. The molecule has 1 heterocycles. The standard InChI is InChI=1S/C17H22ClNO5/c1-10(2)24-15-13(18)7-12(8-14(15)23-3)16(20)19-6-4-5-11(9-19)17(21)22/h7-8,10-11H,4-6,9H2,1-3H3,(H,21,22)/t11-/m0/s1. The fraction of sp³-hybridized carbons (Fsp3) is 0.529. The molecule has 1 amide bonds. The number of carbonyl (C=O) groups excluding carboxylic acids is 1. The molecular weight excluding hydrogens is 334 g/mol. The van der Waals surface area contributed by atoms with Crippen molar-refractivity contribution < 1.29 is 24.2 Å². The van der Waals surface area contributed by atoms with Crippen LogP contribution in [0, 0.1) is 5.92 Å². The third-order valence-electron chi connectivity index (χ3n) is 3.89. The molecule has 0 bridgehead atoms. The van der Waals surface area contributed by atoms with Crippen LogP contribution in [0.5, 0.6) is 11.5 Å². The van der Waals surface area contributed by atoms with Gasteiger partial charge in [0.25, 0.3) is 5.91 Å². The molecule has 1 aromatic carbocycles. The highest BCUT2D eigenvalue weighted by atomic mass is 35.5. The Morgan fingerprint density at radius 2 is 2.08 bits per heavy atom. The first-order chi connectivity index (χ1) is 11.3. The van der Waals surface area contributed by atoms with E-state index in [-0.39, 0.29) is 23.6 Å². The number of nitrogens with zero attached hydrogens (tertiary/aromatic N) is 1. The van der Waals surface area contributed by atoms with Gasteiger partial charge in [0.1, 0.15) is 0 Å². The van der Waals surface area contributed by atoms with Crippen LogP contribution >= 0.6 is 11.6 Å². The monoisotopic (exact) mass is 355 g/mol. The minimum absolute atomic E-state index is 0.0867. The molecule has 24 heavy (non-hydrogen) atoms. The SMILES string of the molecule is COc1cc(C(=O)N2CCC[C@H](C(=O)O)C2)cc(Cl)c1OC(C)C. The van der Waals surface area contributed by atoms with Crippen molar-refractivity contribution in [3.8, 4) is 11.5 Å². The molecule has 6 nitrogen and oxygen atoms in total. The van der Waals surface area contributed by atoms with E-state index in [9.17, 15) is 9.59 Å². The number of ether oxygens (including phenoxy) is 2. The van der Waals surface area contributed by atoms with Crippen molar-refractivity contribution >= 4 is 23.5 Å². The van der Waals surface area contributed by atoms with Crippen LogP contribution < -0.4 is 9.47 Å². The Labute approximate surface area is 146 Å². The summed E-state index contributed by atoms with van der Waals surface area (Å²) in [4.78, 5) is 25.4. The number of hydrogen-bond donors (Lipinski definition) is 1. The highest BCUT2D eigenvalue weighted by Gasteiger charge is 2.29. The Kier molecular flexibility index (Phi) is 5.94. The van der Waals surface area contributed by atoms with Crippen molar-refractivity contribution in [2.75, 3.05) is 20.2 Å². The number of halogens is 1. The number of carboxylic acids is 1. The maximum Gasteiger partial charge on any atom is 0.308 e. The number of carbonyl (C=O) groups is 2. The molecule has 7 heteroatoms.